The van der Waals surface area contributed by atoms with E-state index >= 15 is 0 Å². The molecule has 0 bridgehead atoms. The number of nitrogens with one attached hydrogen (secondary N) is 3. The van der Waals surface area contributed by atoms with Crippen LogP contribution in [-0.2, 0) is 9.53 Å². The normalized spacial score (nSPS) is 12.2. The van der Waals surface area contributed by atoms with E-state index in [1.54, 1.807) is 14.1 Å². The van der Waals surface area contributed by atoms with Gasteiger partial charge in [0.25, 0.3) is 0 Å². The van der Waals surface area contributed by atoms with Crippen LogP contribution in [0.4, 0.5) is 0 Å². The van der Waals surface area contributed by atoms with Gasteiger partial charge in [-0.1, -0.05) is 0 Å². The minimum atomic E-state index is -0.475. The first-order valence-corrected chi connectivity index (χ1v) is 6.72. The Morgan fingerprint density at radius 3 is 2.53 bits per heavy atom. The summed E-state index contributed by atoms with van der Waals surface area (Å²) in [5, 5.41) is 9.00. The molecular weight excluding hydrogens is 244 g/mol. The maximum Gasteiger partial charge on any atom is 0.227 e. The Kier molecular flexibility index (Phi) is 8.95. The van der Waals surface area contributed by atoms with Crippen LogP contribution in [0.15, 0.2) is 4.99 Å². The van der Waals surface area contributed by atoms with Crippen molar-refractivity contribution in [2.24, 2.45) is 10.4 Å². The number of nitrogens with zero attached hydrogens (tertiary/aromatic N) is 1. The molecule has 0 aromatic heterocycles. The second kappa shape index (κ2) is 9.61. The van der Waals surface area contributed by atoms with Crippen LogP contribution in [0.3, 0.4) is 0 Å². The summed E-state index contributed by atoms with van der Waals surface area (Å²) in [6.07, 6.45) is 0.924. The summed E-state index contributed by atoms with van der Waals surface area (Å²) in [5.41, 5.74) is -0.475. The summed E-state index contributed by atoms with van der Waals surface area (Å²) in [6, 6.07) is 0. The number of carbonyl (C=O) groups is 1. The van der Waals surface area contributed by atoms with Gasteiger partial charge in [0.05, 0.1) is 5.41 Å². The molecular formula is C13H28N4O2. The first-order valence-electron chi connectivity index (χ1n) is 6.72. The average molecular weight is 272 g/mol. The molecule has 0 spiro atoms. The van der Waals surface area contributed by atoms with Crippen LogP contribution in [0.2, 0.25) is 0 Å². The summed E-state index contributed by atoms with van der Waals surface area (Å²) in [6.45, 7) is 8.56. The molecule has 3 N–H and O–H groups in total. The first-order chi connectivity index (χ1) is 8.97. The lowest BCUT2D eigenvalue weighted by Gasteiger charge is -2.24. The summed E-state index contributed by atoms with van der Waals surface area (Å²) in [7, 11) is 3.36. The van der Waals surface area contributed by atoms with Gasteiger partial charge in [-0.2, -0.15) is 0 Å². The van der Waals surface area contributed by atoms with E-state index in [1.165, 1.54) is 0 Å². The number of hydrogen-bond donors (Lipinski definition) is 3. The fourth-order valence-corrected chi connectivity index (χ4v) is 1.47. The van der Waals surface area contributed by atoms with Gasteiger partial charge in [-0.3, -0.25) is 9.79 Å². The fourth-order valence-electron chi connectivity index (χ4n) is 1.47. The molecule has 0 aromatic rings. The molecule has 0 radical (unpaired) electrons. The predicted molar refractivity (Wildman–Crippen MR) is 78.3 cm³/mol. The molecule has 0 aliphatic carbocycles. The van der Waals surface area contributed by atoms with Crippen LogP contribution in [0.1, 0.15) is 27.2 Å². The van der Waals surface area contributed by atoms with Gasteiger partial charge in [0.15, 0.2) is 5.96 Å². The second-order valence-corrected chi connectivity index (χ2v) is 4.87. The van der Waals surface area contributed by atoms with Crippen LogP contribution in [-0.4, -0.2) is 52.3 Å². The number of rotatable bonds is 8. The number of carbonyl (C=O) groups excluding carboxylic acids is 1. The van der Waals surface area contributed by atoms with Crippen LogP contribution >= 0.6 is 0 Å². The van der Waals surface area contributed by atoms with Crippen molar-refractivity contribution in [1.29, 1.82) is 0 Å². The highest BCUT2D eigenvalue weighted by molar-refractivity contribution is 5.84. The fraction of sp³-hybridized carbons (Fsp3) is 0.846. The molecule has 0 saturated carbocycles. The summed E-state index contributed by atoms with van der Waals surface area (Å²) < 4.78 is 5.26. The molecule has 112 valence electrons. The van der Waals surface area contributed by atoms with Crippen LogP contribution in [0.25, 0.3) is 0 Å². The predicted octanol–water partition coefficient (Wildman–Crippen LogP) is 0.350. The maximum absolute atomic E-state index is 11.6. The molecule has 6 nitrogen and oxygen atoms in total. The van der Waals surface area contributed by atoms with Crippen LogP contribution in [0, 0.1) is 5.41 Å². The van der Waals surface area contributed by atoms with Crippen molar-refractivity contribution in [3.05, 3.63) is 0 Å². The van der Waals surface area contributed by atoms with Gasteiger partial charge in [-0.25, -0.2) is 0 Å². The van der Waals surface area contributed by atoms with Gasteiger partial charge in [0, 0.05) is 40.4 Å². The van der Waals surface area contributed by atoms with Gasteiger partial charge in [-0.05, 0) is 27.2 Å². The zero-order chi connectivity index (χ0) is 14.7. The zero-order valence-electron chi connectivity index (χ0n) is 12.8. The molecule has 0 aliphatic heterocycles. The van der Waals surface area contributed by atoms with E-state index in [4.69, 9.17) is 4.74 Å². The maximum atomic E-state index is 11.6. The largest absolute Gasteiger partial charge is 0.382 e. The van der Waals surface area contributed by atoms with Gasteiger partial charge in [-0.15, -0.1) is 0 Å². The van der Waals surface area contributed by atoms with Crippen LogP contribution < -0.4 is 16.0 Å². The lowest BCUT2D eigenvalue weighted by molar-refractivity contribution is -0.128. The number of aliphatic imine (C=N–C) groups is 1. The van der Waals surface area contributed by atoms with E-state index in [0.717, 1.165) is 26.2 Å². The SMILES string of the molecule is CCOCCCNC(=NC)NCC(C)(C)C(=O)NC. The van der Waals surface area contributed by atoms with Crippen molar-refractivity contribution in [2.45, 2.75) is 27.2 Å². The van der Waals surface area contributed by atoms with Crippen molar-refractivity contribution >= 4 is 11.9 Å². The van der Waals surface area contributed by atoms with Crippen molar-refractivity contribution in [2.75, 3.05) is 40.4 Å². The third kappa shape index (κ3) is 7.66. The highest BCUT2D eigenvalue weighted by Crippen LogP contribution is 2.12. The highest BCUT2D eigenvalue weighted by Gasteiger charge is 2.26. The Hall–Kier alpha value is -1.30. The molecule has 0 rings (SSSR count). The highest BCUT2D eigenvalue weighted by atomic mass is 16.5. The molecule has 0 saturated heterocycles. The average Bonchev–Trinajstić information content (AvgIpc) is 2.40. The first kappa shape index (κ1) is 17.7. The lowest BCUT2D eigenvalue weighted by atomic mass is 9.92. The van der Waals surface area contributed by atoms with Gasteiger partial charge in [0.1, 0.15) is 0 Å². The lowest BCUT2D eigenvalue weighted by Crippen LogP contribution is -2.47. The van der Waals surface area contributed by atoms with E-state index in [9.17, 15) is 4.79 Å². The molecule has 0 unspecified atom stereocenters. The quantitative estimate of drug-likeness (QED) is 0.339. The Balaban J connectivity index is 3.98. The second-order valence-electron chi connectivity index (χ2n) is 4.87. The summed E-state index contributed by atoms with van der Waals surface area (Å²) in [4.78, 5) is 15.8. The smallest absolute Gasteiger partial charge is 0.227 e. The number of hydrogen-bond acceptors (Lipinski definition) is 3. The third-order valence-electron chi connectivity index (χ3n) is 2.73. The Labute approximate surface area is 116 Å². The van der Waals surface area contributed by atoms with Gasteiger partial charge >= 0.3 is 0 Å². The molecule has 0 aliphatic rings. The minimum absolute atomic E-state index is 0.00630. The standard InChI is InChI=1S/C13H28N4O2/c1-6-19-9-7-8-16-12(15-5)17-10-13(2,3)11(18)14-4/h6-10H2,1-5H3,(H,14,18)(H2,15,16,17). The molecule has 0 heterocycles. The molecule has 1 amide bonds. The van der Waals surface area contributed by atoms with E-state index < -0.39 is 5.41 Å². The molecule has 19 heavy (non-hydrogen) atoms. The number of guanidine groups is 1. The molecule has 0 fully saturated rings. The van der Waals surface area contributed by atoms with Crippen molar-refractivity contribution in [3.8, 4) is 0 Å². The van der Waals surface area contributed by atoms with Crippen LogP contribution in [0.5, 0.6) is 0 Å². The Morgan fingerprint density at radius 2 is 2.00 bits per heavy atom. The van der Waals surface area contributed by atoms with Gasteiger partial charge < -0.3 is 20.7 Å². The molecule has 6 heteroatoms. The van der Waals surface area contributed by atoms with E-state index in [1.807, 2.05) is 20.8 Å². The van der Waals surface area contributed by atoms with E-state index in [0.29, 0.717) is 12.5 Å². The molecule has 0 aromatic carbocycles. The van der Waals surface area contributed by atoms with Crippen molar-refractivity contribution in [1.82, 2.24) is 16.0 Å². The Morgan fingerprint density at radius 1 is 1.32 bits per heavy atom. The number of ether oxygens (including phenoxy) is 1. The van der Waals surface area contributed by atoms with Gasteiger partial charge in [0.2, 0.25) is 5.91 Å². The monoisotopic (exact) mass is 272 g/mol. The van der Waals surface area contributed by atoms with Crippen molar-refractivity contribution < 1.29 is 9.53 Å². The topological polar surface area (TPSA) is 74.8 Å². The Bertz CT molecular complexity index is 290. The number of amides is 1. The zero-order valence-corrected chi connectivity index (χ0v) is 12.8. The summed E-state index contributed by atoms with van der Waals surface area (Å²) in [5.74, 6) is 0.709. The van der Waals surface area contributed by atoms with E-state index in [2.05, 4.69) is 20.9 Å². The summed E-state index contributed by atoms with van der Waals surface area (Å²) >= 11 is 0. The van der Waals surface area contributed by atoms with Crippen molar-refractivity contribution in [3.63, 3.8) is 0 Å². The third-order valence-corrected chi connectivity index (χ3v) is 2.73. The van der Waals surface area contributed by atoms with E-state index in [-0.39, 0.29) is 5.91 Å². The molecule has 0 atom stereocenters. The minimum Gasteiger partial charge on any atom is -0.382 e.